The van der Waals surface area contributed by atoms with E-state index in [0.29, 0.717) is 12.4 Å². The van der Waals surface area contributed by atoms with E-state index >= 15 is 0 Å². The number of nitrogens with two attached hydrogens (primary N) is 1. The number of nitriles is 1. The Morgan fingerprint density at radius 3 is 2.56 bits per heavy atom. The molecule has 0 saturated heterocycles. The van der Waals surface area contributed by atoms with Gasteiger partial charge in [0.25, 0.3) is 0 Å². The van der Waals surface area contributed by atoms with Gasteiger partial charge < -0.3 is 0 Å². The number of aryl methyl sites for hydroxylation is 1. The Balaban J connectivity index is 2.96. The molecule has 1 aromatic rings. The zero-order valence-corrected chi connectivity index (χ0v) is 10.2. The molecule has 0 aliphatic rings. The first-order chi connectivity index (χ1) is 7.31. The lowest BCUT2D eigenvalue weighted by atomic mass is 9.97. The largest absolute Gasteiger partial charge is 0.294 e. The second-order valence-corrected chi connectivity index (χ2v) is 4.99. The first-order valence-corrected chi connectivity index (χ1v) is 5.10. The molecule has 0 atom stereocenters. The van der Waals surface area contributed by atoms with Gasteiger partial charge in [-0.05, 0) is 12.3 Å². The van der Waals surface area contributed by atoms with E-state index in [9.17, 15) is 0 Å². The Kier molecular flexibility index (Phi) is 3.45. The lowest BCUT2D eigenvalue weighted by Crippen LogP contribution is -2.39. The van der Waals surface area contributed by atoms with Gasteiger partial charge in [-0.15, -0.1) is 0 Å². The van der Waals surface area contributed by atoms with Crippen LogP contribution in [0.4, 0.5) is 5.82 Å². The van der Waals surface area contributed by atoms with Gasteiger partial charge in [-0.25, -0.2) is 15.8 Å². The Morgan fingerprint density at radius 2 is 2.06 bits per heavy atom. The molecule has 1 heterocycles. The normalized spacial score (nSPS) is 11.0. The van der Waals surface area contributed by atoms with Gasteiger partial charge in [-0.1, -0.05) is 20.8 Å². The van der Waals surface area contributed by atoms with Crippen LogP contribution in [0.5, 0.6) is 0 Å². The topological polar surface area (TPSA) is 78.8 Å². The van der Waals surface area contributed by atoms with Gasteiger partial charge in [0.05, 0.1) is 0 Å². The Morgan fingerprint density at radius 1 is 1.44 bits per heavy atom. The number of nitrogens with zero attached hydrogens (tertiary/aromatic N) is 4. The van der Waals surface area contributed by atoms with Crippen LogP contribution >= 0.6 is 0 Å². The predicted octanol–water partition coefficient (Wildman–Crippen LogP) is 1.38. The summed E-state index contributed by atoms with van der Waals surface area (Å²) in [6.45, 7) is 8.75. The maximum atomic E-state index is 8.77. The average molecular weight is 219 g/mol. The standard InChI is InChI=1S/C11H17N5/c1-8-5-10(15-9(6-12)14-8)16(13)7-11(2,3)4/h5H,7,13H2,1-4H3. The van der Waals surface area contributed by atoms with Gasteiger partial charge in [-0.2, -0.15) is 5.26 Å². The Labute approximate surface area is 95.9 Å². The number of hydrogen-bond donors (Lipinski definition) is 1. The molecule has 1 aromatic heterocycles. The van der Waals surface area contributed by atoms with Crippen LogP contribution < -0.4 is 10.9 Å². The van der Waals surface area contributed by atoms with Gasteiger partial charge in [0.2, 0.25) is 5.82 Å². The molecule has 2 N–H and O–H groups in total. The highest BCUT2D eigenvalue weighted by Gasteiger charge is 2.16. The van der Waals surface area contributed by atoms with E-state index in [2.05, 4.69) is 30.7 Å². The van der Waals surface area contributed by atoms with Crippen LogP contribution in [0.1, 0.15) is 32.3 Å². The Hall–Kier alpha value is -1.67. The van der Waals surface area contributed by atoms with Crippen molar-refractivity contribution in [2.45, 2.75) is 27.7 Å². The fourth-order valence-corrected chi connectivity index (χ4v) is 1.34. The fourth-order valence-electron chi connectivity index (χ4n) is 1.34. The molecule has 0 saturated carbocycles. The minimum absolute atomic E-state index is 0.0699. The van der Waals surface area contributed by atoms with E-state index in [1.165, 1.54) is 0 Å². The summed E-state index contributed by atoms with van der Waals surface area (Å²) < 4.78 is 0. The van der Waals surface area contributed by atoms with Crippen molar-refractivity contribution in [2.24, 2.45) is 11.3 Å². The summed E-state index contributed by atoms with van der Waals surface area (Å²) in [4.78, 5) is 8.04. The summed E-state index contributed by atoms with van der Waals surface area (Å²) >= 11 is 0. The van der Waals surface area contributed by atoms with Crippen molar-refractivity contribution in [2.75, 3.05) is 11.6 Å². The fraction of sp³-hybridized carbons (Fsp3) is 0.545. The first kappa shape index (κ1) is 12.4. The zero-order chi connectivity index (χ0) is 12.3. The second-order valence-electron chi connectivity index (χ2n) is 4.99. The van der Waals surface area contributed by atoms with Gasteiger partial charge in [0.1, 0.15) is 11.9 Å². The maximum Gasteiger partial charge on any atom is 0.234 e. The minimum atomic E-state index is 0.0699. The van der Waals surface area contributed by atoms with Crippen LogP contribution in [0.2, 0.25) is 0 Å². The average Bonchev–Trinajstić information content (AvgIpc) is 2.14. The molecule has 5 nitrogen and oxygen atoms in total. The number of anilines is 1. The molecule has 5 heteroatoms. The quantitative estimate of drug-likeness (QED) is 0.600. The minimum Gasteiger partial charge on any atom is -0.294 e. The van der Waals surface area contributed by atoms with E-state index < -0.39 is 0 Å². The van der Waals surface area contributed by atoms with E-state index in [0.717, 1.165) is 5.69 Å². The van der Waals surface area contributed by atoms with Crippen molar-refractivity contribution in [1.82, 2.24) is 9.97 Å². The molecule has 0 aliphatic carbocycles. The molecule has 0 fully saturated rings. The molecule has 0 radical (unpaired) electrons. The van der Waals surface area contributed by atoms with Crippen LogP contribution in [-0.2, 0) is 0 Å². The number of hydrazine groups is 1. The molecular weight excluding hydrogens is 202 g/mol. The molecule has 0 amide bonds. The summed E-state index contributed by atoms with van der Waals surface area (Å²) in [5, 5.41) is 10.3. The molecule has 0 spiro atoms. The van der Waals surface area contributed by atoms with Gasteiger partial charge >= 0.3 is 0 Å². The van der Waals surface area contributed by atoms with E-state index in [1.54, 1.807) is 11.1 Å². The van der Waals surface area contributed by atoms with Crippen molar-refractivity contribution in [1.29, 1.82) is 5.26 Å². The molecule has 1 rings (SSSR count). The Bertz CT molecular complexity index is 413. The third kappa shape index (κ3) is 3.48. The summed E-state index contributed by atoms with van der Waals surface area (Å²) in [6, 6.07) is 3.69. The lowest BCUT2D eigenvalue weighted by molar-refractivity contribution is 0.410. The van der Waals surface area contributed by atoms with E-state index in [-0.39, 0.29) is 11.2 Å². The van der Waals surface area contributed by atoms with Crippen molar-refractivity contribution < 1.29 is 0 Å². The van der Waals surface area contributed by atoms with Crippen molar-refractivity contribution >= 4 is 5.82 Å². The van der Waals surface area contributed by atoms with Crippen molar-refractivity contribution in [3.63, 3.8) is 0 Å². The summed E-state index contributed by atoms with van der Waals surface area (Å²) in [7, 11) is 0. The smallest absolute Gasteiger partial charge is 0.234 e. The van der Waals surface area contributed by atoms with Gasteiger partial charge in [0.15, 0.2) is 0 Å². The molecule has 0 unspecified atom stereocenters. The number of rotatable bonds is 2. The molecular formula is C11H17N5. The van der Waals surface area contributed by atoms with Gasteiger partial charge in [0, 0.05) is 18.3 Å². The van der Waals surface area contributed by atoms with Crippen LogP contribution in [0.3, 0.4) is 0 Å². The highest BCUT2D eigenvalue weighted by Crippen LogP contribution is 2.17. The van der Waals surface area contributed by atoms with Crippen LogP contribution in [-0.4, -0.2) is 16.5 Å². The predicted molar refractivity (Wildman–Crippen MR) is 62.5 cm³/mol. The summed E-state index contributed by atoms with van der Waals surface area (Å²) in [5.74, 6) is 6.64. The van der Waals surface area contributed by atoms with Crippen LogP contribution in [0.15, 0.2) is 6.07 Å². The maximum absolute atomic E-state index is 8.77. The van der Waals surface area contributed by atoms with E-state index in [4.69, 9.17) is 11.1 Å². The van der Waals surface area contributed by atoms with E-state index in [1.807, 2.05) is 13.0 Å². The SMILES string of the molecule is Cc1cc(N(N)CC(C)(C)C)nc(C#N)n1. The number of aromatic nitrogens is 2. The molecule has 16 heavy (non-hydrogen) atoms. The molecule has 0 bridgehead atoms. The van der Waals surface area contributed by atoms with Crippen LogP contribution in [0, 0.1) is 23.7 Å². The summed E-state index contributed by atoms with van der Waals surface area (Å²) in [5.41, 5.74) is 0.811. The summed E-state index contributed by atoms with van der Waals surface area (Å²) in [6.07, 6.45) is 0. The second kappa shape index (κ2) is 4.45. The highest BCUT2D eigenvalue weighted by molar-refractivity contribution is 5.39. The highest BCUT2D eigenvalue weighted by atomic mass is 15.4. The van der Waals surface area contributed by atoms with Crippen molar-refractivity contribution in [3.8, 4) is 6.07 Å². The first-order valence-electron chi connectivity index (χ1n) is 5.10. The number of hydrogen-bond acceptors (Lipinski definition) is 5. The van der Waals surface area contributed by atoms with Gasteiger partial charge in [-0.3, -0.25) is 5.01 Å². The lowest BCUT2D eigenvalue weighted by Gasteiger charge is -2.26. The van der Waals surface area contributed by atoms with Crippen LogP contribution in [0.25, 0.3) is 0 Å². The third-order valence-electron chi connectivity index (χ3n) is 1.88. The zero-order valence-electron chi connectivity index (χ0n) is 10.2. The molecule has 86 valence electrons. The van der Waals surface area contributed by atoms with Crippen molar-refractivity contribution in [3.05, 3.63) is 17.6 Å². The monoisotopic (exact) mass is 219 g/mol. The third-order valence-corrected chi connectivity index (χ3v) is 1.88. The molecule has 0 aliphatic heterocycles. The molecule has 0 aromatic carbocycles.